The number of nitrogens with one attached hydrogen (secondary N) is 2. The second-order valence-corrected chi connectivity index (χ2v) is 20.5. The zero-order chi connectivity index (χ0) is 46.6. The minimum atomic E-state index is -2.33. The van der Waals surface area contributed by atoms with E-state index in [9.17, 15) is 19.5 Å². The molecule has 350 valence electrons. The second kappa shape index (κ2) is 15.9. The number of aromatic amines is 1. The monoisotopic (exact) mass is 920 g/mol. The average Bonchev–Trinajstić information content (AvgIpc) is 4.13. The summed E-state index contributed by atoms with van der Waals surface area (Å²) in [5.74, 6) is -1.79. The lowest BCUT2D eigenvalue weighted by molar-refractivity contribution is -0.228. The number of ether oxygens (including phenoxy) is 4. The summed E-state index contributed by atoms with van der Waals surface area (Å²) in [4.78, 5) is 72.4. The number of fused-ring (bicyclic) bond motifs is 6. The summed E-state index contributed by atoms with van der Waals surface area (Å²) < 4.78 is 24.2. The molecular weight excluding hydrogens is 861 g/mol. The van der Waals surface area contributed by atoms with Crippen LogP contribution in [0.15, 0.2) is 60.3 Å². The van der Waals surface area contributed by atoms with Gasteiger partial charge >= 0.3 is 17.9 Å². The number of hydrogen-bond donors (Lipinski definition) is 3. The van der Waals surface area contributed by atoms with E-state index in [1.165, 1.54) is 32.5 Å². The molecule has 10 atom stereocenters. The van der Waals surface area contributed by atoms with E-state index < -0.39 is 57.4 Å². The summed E-state index contributed by atoms with van der Waals surface area (Å²) >= 11 is 1.31. The Hall–Kier alpha value is -5.29. The highest BCUT2D eigenvalue weighted by Crippen LogP contribution is 2.68. The number of hydrogen-bond acceptors (Lipinski definition) is 14. The number of anilines is 1. The van der Waals surface area contributed by atoms with Crippen molar-refractivity contribution in [1.29, 1.82) is 0 Å². The van der Waals surface area contributed by atoms with Crippen LogP contribution in [0.25, 0.3) is 10.9 Å². The molecule has 5 aliphatic heterocycles. The number of H-pyrrole nitrogens is 1. The zero-order valence-corrected chi connectivity index (χ0v) is 39.6. The van der Waals surface area contributed by atoms with Gasteiger partial charge in [-0.25, -0.2) is 4.79 Å². The minimum Gasteiger partial charge on any atom is -0.496 e. The van der Waals surface area contributed by atoms with Crippen LogP contribution in [0.2, 0.25) is 0 Å². The lowest BCUT2D eigenvalue weighted by Crippen LogP contribution is -2.81. The lowest BCUT2D eigenvalue weighted by Gasteiger charge is -2.63. The summed E-state index contributed by atoms with van der Waals surface area (Å²) in [7, 11) is 6.16. The molecule has 1 spiro atoms. The van der Waals surface area contributed by atoms with Crippen LogP contribution in [0.4, 0.5) is 5.69 Å². The van der Waals surface area contributed by atoms with Gasteiger partial charge in [-0.3, -0.25) is 24.3 Å². The Morgan fingerprint density at radius 2 is 1.79 bits per heavy atom. The molecule has 10 rings (SSSR count). The molecule has 16 heteroatoms. The molecule has 66 heavy (non-hydrogen) atoms. The molecule has 2 saturated heterocycles. The second-order valence-electron chi connectivity index (χ2n) is 19.6. The van der Waals surface area contributed by atoms with Crippen LogP contribution in [-0.2, 0) is 45.8 Å². The quantitative estimate of drug-likeness (QED) is 0.118. The summed E-state index contributed by atoms with van der Waals surface area (Å²) in [6.07, 6.45) is 7.62. The van der Waals surface area contributed by atoms with E-state index in [4.69, 9.17) is 18.9 Å². The van der Waals surface area contributed by atoms with Crippen molar-refractivity contribution in [2.75, 3.05) is 66.0 Å². The number of carbonyl (C=O) groups excluding carboxylic acids is 4. The average molecular weight is 921 g/mol. The largest absolute Gasteiger partial charge is 0.496 e. The number of nitrogens with zero attached hydrogens (tertiary/aromatic N) is 4. The Labute approximate surface area is 388 Å². The van der Waals surface area contributed by atoms with Gasteiger partial charge in [-0.15, -0.1) is 11.3 Å². The molecular formula is C50H60N6O9S. The smallest absolute Gasteiger partial charge is 0.344 e. The number of aromatic nitrogens is 2. The molecule has 1 aliphatic carbocycles. The van der Waals surface area contributed by atoms with Crippen LogP contribution in [-0.4, -0.2) is 139 Å². The van der Waals surface area contributed by atoms with Gasteiger partial charge in [-0.1, -0.05) is 44.2 Å². The van der Waals surface area contributed by atoms with Crippen molar-refractivity contribution < 1.29 is 43.2 Å². The van der Waals surface area contributed by atoms with Crippen molar-refractivity contribution >= 4 is 51.7 Å². The zero-order valence-electron chi connectivity index (χ0n) is 38.8. The van der Waals surface area contributed by atoms with Gasteiger partial charge in [0.1, 0.15) is 16.0 Å². The van der Waals surface area contributed by atoms with Gasteiger partial charge in [-0.05, 0) is 74.2 Å². The van der Waals surface area contributed by atoms with E-state index in [-0.39, 0.29) is 17.9 Å². The van der Waals surface area contributed by atoms with Crippen molar-refractivity contribution in [3.8, 4) is 5.75 Å². The number of benzene rings is 2. The highest BCUT2D eigenvalue weighted by Gasteiger charge is 2.80. The van der Waals surface area contributed by atoms with Crippen LogP contribution in [0.1, 0.15) is 84.9 Å². The molecule has 6 aliphatic rings. The maximum absolute atomic E-state index is 15.6. The minimum absolute atomic E-state index is 0.120. The van der Waals surface area contributed by atoms with Crippen molar-refractivity contribution in [1.82, 2.24) is 25.1 Å². The SMILES string of the molecule is CC[C@]1(NC(=O)c2cncs2)C[C@H]2CN(CCc3c([nH]c4ccccc34)[C@@](C(=O)OC)(c3cc4c(cc3OC)N(C)[C@H]3[C@@](O)(C(=O)OC)[C@H](OC(C)=O)[C@]5(CC)C=CCN6CC[C@]43[C@@H]65)C2)C1. The molecule has 7 heterocycles. The number of carbonyl (C=O) groups is 4. The number of amides is 1. The molecule has 3 fully saturated rings. The molecule has 1 saturated carbocycles. The summed E-state index contributed by atoms with van der Waals surface area (Å²) in [6.45, 7) is 8.73. The Balaban J connectivity index is 1.23. The molecule has 15 nitrogen and oxygen atoms in total. The number of piperidine rings is 1. The van der Waals surface area contributed by atoms with Gasteiger partial charge in [0.15, 0.2) is 6.10 Å². The number of methoxy groups -OCH3 is 3. The first-order valence-electron chi connectivity index (χ1n) is 23.2. The number of para-hydroxylation sites is 1. The molecule has 1 unspecified atom stereocenters. The van der Waals surface area contributed by atoms with E-state index in [1.807, 2.05) is 43.1 Å². The van der Waals surface area contributed by atoms with E-state index in [0.29, 0.717) is 87.4 Å². The fraction of sp³-hybridized carbons (Fsp3) is 0.540. The predicted octanol–water partition coefficient (Wildman–Crippen LogP) is 4.89. The Morgan fingerprint density at radius 1 is 1.00 bits per heavy atom. The normalized spacial score (nSPS) is 34.2. The third-order valence-corrected chi connectivity index (χ3v) is 17.4. The predicted molar refractivity (Wildman–Crippen MR) is 248 cm³/mol. The van der Waals surface area contributed by atoms with E-state index in [2.05, 4.69) is 56.3 Å². The first-order chi connectivity index (χ1) is 31.7. The van der Waals surface area contributed by atoms with Crippen LogP contribution >= 0.6 is 11.3 Å². The van der Waals surface area contributed by atoms with Crippen molar-refractivity contribution in [2.45, 2.75) is 99.5 Å². The number of esters is 3. The first-order valence-corrected chi connectivity index (χ1v) is 24.1. The van der Waals surface area contributed by atoms with Gasteiger partial charge < -0.3 is 44.2 Å². The van der Waals surface area contributed by atoms with E-state index in [0.717, 1.165) is 33.4 Å². The molecule has 4 aromatic rings. The van der Waals surface area contributed by atoms with Gasteiger partial charge in [0, 0.05) is 90.9 Å². The Kier molecular flexibility index (Phi) is 10.7. The third kappa shape index (κ3) is 5.99. The number of rotatable bonds is 9. The summed E-state index contributed by atoms with van der Waals surface area (Å²) in [5.41, 5.74) is 0.146. The highest BCUT2D eigenvalue weighted by molar-refractivity contribution is 7.11. The maximum Gasteiger partial charge on any atom is 0.344 e. The van der Waals surface area contributed by atoms with Gasteiger partial charge in [0.25, 0.3) is 5.91 Å². The molecule has 0 radical (unpaired) electrons. The Bertz CT molecular complexity index is 2650. The number of thiazole rings is 1. The van der Waals surface area contributed by atoms with Gasteiger partial charge in [0.2, 0.25) is 5.60 Å². The number of likely N-dealkylation sites (N-methyl/N-ethyl adjacent to an activating group) is 1. The summed E-state index contributed by atoms with van der Waals surface area (Å²) in [5, 5.41) is 17.9. The molecule has 1 amide bonds. The van der Waals surface area contributed by atoms with Crippen molar-refractivity contribution in [3.05, 3.63) is 87.5 Å². The van der Waals surface area contributed by atoms with Crippen LogP contribution in [0.3, 0.4) is 0 Å². The lowest BCUT2D eigenvalue weighted by atomic mass is 9.47. The highest BCUT2D eigenvalue weighted by atomic mass is 32.1. The van der Waals surface area contributed by atoms with Crippen molar-refractivity contribution in [3.63, 3.8) is 0 Å². The first kappa shape index (κ1) is 44.5. The van der Waals surface area contributed by atoms with Crippen LogP contribution in [0.5, 0.6) is 5.75 Å². The molecule has 2 aromatic heterocycles. The fourth-order valence-corrected chi connectivity index (χ4v) is 14.9. The van der Waals surface area contributed by atoms with Crippen LogP contribution in [0, 0.1) is 11.3 Å². The molecule has 3 N–H and O–H groups in total. The molecule has 2 aromatic carbocycles. The van der Waals surface area contributed by atoms with Gasteiger partial charge in [0.05, 0.1) is 44.6 Å². The molecule has 2 bridgehead atoms. The van der Waals surface area contributed by atoms with Gasteiger partial charge in [-0.2, -0.15) is 0 Å². The van der Waals surface area contributed by atoms with E-state index in [1.54, 1.807) is 18.8 Å². The van der Waals surface area contributed by atoms with Crippen LogP contribution < -0.4 is 15.0 Å². The van der Waals surface area contributed by atoms with Crippen molar-refractivity contribution in [2.24, 2.45) is 11.3 Å². The fourth-order valence-electron chi connectivity index (χ4n) is 14.3. The standard InChI is InChI=1S/C50H60N6O9S/c1-8-46(53-40(58)38-25-51-28-66-38)23-30-24-49(44(59)63-6,39-32(15-19-55(26-30)27-46)31-13-10-11-14-35(31)52-39)34-21-33-36(22-37(34)62-5)54(4)42-48(33)17-20-56-18-12-16-47(9-2,41(48)56)43(65-29(3)57)50(42,61)45(60)64-7/h10-14,16,21-22,25,28,30,41-43,52,61H,8-9,15,17-20,23-24,26-27H2,1-7H3,(H,53,58)/t30-,41+,42-,43-,46+,47-,48-,49+,50+/m1/s1. The van der Waals surface area contributed by atoms with E-state index >= 15 is 4.79 Å². The Morgan fingerprint density at radius 3 is 2.48 bits per heavy atom. The third-order valence-electron chi connectivity index (χ3n) is 16.7. The number of aliphatic hydroxyl groups is 1. The summed E-state index contributed by atoms with van der Waals surface area (Å²) in [6, 6.07) is 10.9. The maximum atomic E-state index is 15.6. The topological polar surface area (TPSA) is 176 Å².